The van der Waals surface area contributed by atoms with Crippen LogP contribution >= 0.6 is 0 Å². The number of nitrogens with one attached hydrogen (secondary N) is 2. The van der Waals surface area contributed by atoms with Crippen molar-refractivity contribution in [2.45, 2.75) is 12.6 Å². The Bertz CT molecular complexity index is 438. The Morgan fingerprint density at radius 2 is 2.50 bits per heavy atom. The van der Waals surface area contributed by atoms with Crippen molar-refractivity contribution in [3.05, 3.63) is 12.4 Å². The number of aromatic nitrogens is 2. The highest BCUT2D eigenvalue weighted by atomic mass is 16.5. The smallest absolute Gasteiger partial charge is 0.254 e. The number of anilines is 1. The largest absolute Gasteiger partial charge is 0.368 e. The van der Waals surface area contributed by atoms with Crippen molar-refractivity contribution in [1.82, 2.24) is 15.1 Å². The summed E-state index contributed by atoms with van der Waals surface area (Å²) in [6, 6.07) is 0. The number of primary amides is 1. The van der Waals surface area contributed by atoms with Gasteiger partial charge < -0.3 is 21.1 Å². The van der Waals surface area contributed by atoms with Crippen molar-refractivity contribution in [3.8, 4) is 0 Å². The van der Waals surface area contributed by atoms with Crippen LogP contribution in [0.2, 0.25) is 0 Å². The second-order valence-electron chi connectivity index (χ2n) is 3.95. The lowest BCUT2D eigenvalue weighted by atomic mass is 10.3. The number of rotatable bonds is 4. The summed E-state index contributed by atoms with van der Waals surface area (Å²) in [5.41, 5.74) is 5.55. The van der Waals surface area contributed by atoms with E-state index in [9.17, 15) is 9.59 Å². The molecule has 0 saturated carbocycles. The quantitative estimate of drug-likeness (QED) is 0.592. The number of hydrogen-bond donors (Lipinski definition) is 3. The minimum Gasteiger partial charge on any atom is -0.368 e. The van der Waals surface area contributed by atoms with Gasteiger partial charge in [0.25, 0.3) is 5.91 Å². The fraction of sp³-hybridized carbons (Fsp3) is 0.500. The van der Waals surface area contributed by atoms with Crippen LogP contribution in [-0.2, 0) is 20.9 Å². The summed E-state index contributed by atoms with van der Waals surface area (Å²) >= 11 is 0. The van der Waals surface area contributed by atoms with E-state index in [1.807, 2.05) is 0 Å². The van der Waals surface area contributed by atoms with Gasteiger partial charge in [-0.05, 0) is 0 Å². The fourth-order valence-electron chi connectivity index (χ4n) is 1.63. The van der Waals surface area contributed by atoms with Crippen LogP contribution in [-0.4, -0.2) is 47.4 Å². The van der Waals surface area contributed by atoms with Gasteiger partial charge in [0.15, 0.2) is 0 Å². The normalized spacial score (nSPS) is 19.4. The van der Waals surface area contributed by atoms with Gasteiger partial charge in [0.1, 0.15) is 12.6 Å². The third-order valence-corrected chi connectivity index (χ3v) is 2.44. The molecule has 1 aliphatic rings. The molecule has 8 nitrogen and oxygen atoms in total. The van der Waals surface area contributed by atoms with Crippen LogP contribution in [0.5, 0.6) is 0 Å². The second kappa shape index (κ2) is 5.61. The van der Waals surface area contributed by atoms with E-state index in [1.54, 1.807) is 6.20 Å². The van der Waals surface area contributed by atoms with Crippen molar-refractivity contribution in [2.75, 3.05) is 25.0 Å². The average molecular weight is 253 g/mol. The highest BCUT2D eigenvalue weighted by Crippen LogP contribution is 2.07. The summed E-state index contributed by atoms with van der Waals surface area (Å²) in [6.07, 6.45) is 2.49. The van der Waals surface area contributed by atoms with Gasteiger partial charge in [-0.3, -0.25) is 14.3 Å². The maximum absolute atomic E-state index is 11.8. The molecule has 98 valence electrons. The summed E-state index contributed by atoms with van der Waals surface area (Å²) in [5.74, 6) is -0.725. The molecule has 0 bridgehead atoms. The Labute approximate surface area is 103 Å². The molecule has 1 saturated heterocycles. The number of ether oxygens (including phenoxy) is 1. The molecular weight excluding hydrogens is 238 g/mol. The number of morpholine rings is 1. The van der Waals surface area contributed by atoms with Gasteiger partial charge >= 0.3 is 0 Å². The van der Waals surface area contributed by atoms with Gasteiger partial charge in [-0.2, -0.15) is 5.10 Å². The van der Waals surface area contributed by atoms with Crippen molar-refractivity contribution in [1.29, 1.82) is 0 Å². The van der Waals surface area contributed by atoms with Gasteiger partial charge in [0.05, 0.1) is 18.5 Å². The first kappa shape index (κ1) is 12.5. The molecule has 1 fully saturated rings. The summed E-state index contributed by atoms with van der Waals surface area (Å²) < 4.78 is 6.67. The van der Waals surface area contributed by atoms with E-state index in [0.717, 1.165) is 6.54 Å². The number of carbonyl (C=O) groups is 2. The Balaban J connectivity index is 1.90. The molecule has 2 amide bonds. The van der Waals surface area contributed by atoms with Crippen LogP contribution in [0.3, 0.4) is 0 Å². The third kappa shape index (κ3) is 3.28. The molecule has 0 radical (unpaired) electrons. The van der Waals surface area contributed by atoms with Gasteiger partial charge in [-0.15, -0.1) is 0 Å². The second-order valence-corrected chi connectivity index (χ2v) is 3.95. The number of hydrogen-bond acceptors (Lipinski definition) is 5. The highest BCUT2D eigenvalue weighted by Gasteiger charge is 2.22. The first-order chi connectivity index (χ1) is 8.65. The van der Waals surface area contributed by atoms with Gasteiger partial charge in [0, 0.05) is 19.3 Å². The third-order valence-electron chi connectivity index (χ3n) is 2.44. The maximum atomic E-state index is 11.8. The number of amides is 2. The van der Waals surface area contributed by atoms with Crippen molar-refractivity contribution >= 4 is 17.5 Å². The van der Waals surface area contributed by atoms with Crippen LogP contribution in [0.4, 0.5) is 5.69 Å². The number of carbonyl (C=O) groups excluding carboxylic acids is 2. The zero-order valence-corrected chi connectivity index (χ0v) is 9.76. The number of nitrogens with two attached hydrogens (primary N) is 1. The minimum absolute atomic E-state index is 0.0165. The first-order valence-corrected chi connectivity index (χ1v) is 5.59. The molecule has 2 rings (SSSR count). The predicted octanol–water partition coefficient (Wildman–Crippen LogP) is -1.70. The van der Waals surface area contributed by atoms with E-state index < -0.39 is 12.0 Å². The van der Waals surface area contributed by atoms with E-state index in [2.05, 4.69) is 15.7 Å². The van der Waals surface area contributed by atoms with Crippen molar-refractivity contribution < 1.29 is 14.3 Å². The van der Waals surface area contributed by atoms with Crippen LogP contribution in [0, 0.1) is 0 Å². The van der Waals surface area contributed by atoms with E-state index in [0.29, 0.717) is 18.8 Å². The molecule has 8 heteroatoms. The van der Waals surface area contributed by atoms with Gasteiger partial charge in [0.2, 0.25) is 5.91 Å². The van der Waals surface area contributed by atoms with Crippen LogP contribution in [0.25, 0.3) is 0 Å². The molecule has 0 aromatic carbocycles. The average Bonchev–Trinajstić information content (AvgIpc) is 2.76. The van der Waals surface area contributed by atoms with Crippen molar-refractivity contribution in [3.63, 3.8) is 0 Å². The minimum atomic E-state index is -0.502. The van der Waals surface area contributed by atoms with Crippen molar-refractivity contribution in [2.24, 2.45) is 5.73 Å². The molecular formula is C10H15N5O3. The Kier molecular flexibility index (Phi) is 3.90. The first-order valence-electron chi connectivity index (χ1n) is 5.59. The summed E-state index contributed by atoms with van der Waals surface area (Å²) in [4.78, 5) is 22.5. The van der Waals surface area contributed by atoms with Gasteiger partial charge in [-0.25, -0.2) is 0 Å². The SMILES string of the molecule is NC(=O)Cn1cc(NC(=O)C2CNCCO2)cn1. The van der Waals surface area contributed by atoms with Gasteiger partial charge in [-0.1, -0.05) is 0 Å². The number of nitrogens with zero attached hydrogens (tertiary/aromatic N) is 2. The summed E-state index contributed by atoms with van der Waals surface area (Å²) in [6.45, 7) is 1.73. The monoisotopic (exact) mass is 253 g/mol. The lowest BCUT2D eigenvalue weighted by Gasteiger charge is -2.22. The van der Waals surface area contributed by atoms with E-state index in [4.69, 9.17) is 10.5 Å². The Hall–Kier alpha value is -1.93. The zero-order valence-electron chi connectivity index (χ0n) is 9.76. The van der Waals surface area contributed by atoms with E-state index >= 15 is 0 Å². The highest BCUT2D eigenvalue weighted by molar-refractivity contribution is 5.94. The molecule has 1 unspecified atom stereocenters. The molecule has 18 heavy (non-hydrogen) atoms. The molecule has 4 N–H and O–H groups in total. The molecule has 1 atom stereocenters. The molecule has 0 spiro atoms. The molecule has 2 heterocycles. The summed E-state index contributed by atoms with van der Waals surface area (Å²) in [5, 5.41) is 9.63. The van der Waals surface area contributed by atoms with Crippen LogP contribution in [0.15, 0.2) is 12.4 Å². The zero-order chi connectivity index (χ0) is 13.0. The fourth-order valence-corrected chi connectivity index (χ4v) is 1.63. The lowest BCUT2D eigenvalue weighted by Crippen LogP contribution is -2.45. The summed E-state index contributed by atoms with van der Waals surface area (Å²) in [7, 11) is 0. The Morgan fingerprint density at radius 3 is 3.17 bits per heavy atom. The molecule has 1 aromatic heterocycles. The lowest BCUT2D eigenvalue weighted by molar-refractivity contribution is -0.128. The maximum Gasteiger partial charge on any atom is 0.254 e. The molecule has 1 aliphatic heterocycles. The molecule has 1 aromatic rings. The van der Waals surface area contributed by atoms with Crippen LogP contribution < -0.4 is 16.4 Å². The predicted molar refractivity (Wildman–Crippen MR) is 62.7 cm³/mol. The molecule has 0 aliphatic carbocycles. The standard InChI is InChI=1S/C10H15N5O3/c11-9(16)6-15-5-7(3-13-15)14-10(17)8-4-12-1-2-18-8/h3,5,8,12H,1-2,4,6H2,(H2,11,16)(H,14,17). The topological polar surface area (TPSA) is 111 Å². The van der Waals surface area contributed by atoms with Crippen LogP contribution in [0.1, 0.15) is 0 Å². The van der Waals surface area contributed by atoms with E-state index in [-0.39, 0.29) is 12.5 Å². The van der Waals surface area contributed by atoms with E-state index in [1.165, 1.54) is 10.9 Å². The Morgan fingerprint density at radius 1 is 1.67 bits per heavy atom.